The van der Waals surface area contributed by atoms with Crippen LogP contribution in [0.3, 0.4) is 0 Å². The van der Waals surface area contributed by atoms with E-state index in [1.54, 1.807) is 7.11 Å². The van der Waals surface area contributed by atoms with Crippen LogP contribution in [0.4, 0.5) is 0 Å². The summed E-state index contributed by atoms with van der Waals surface area (Å²) in [6.45, 7) is 12.3. The zero-order chi connectivity index (χ0) is 12.1. The molecule has 0 amide bonds. The molecule has 3 heteroatoms. The fourth-order valence-electron chi connectivity index (χ4n) is 2.53. The lowest BCUT2D eigenvalue weighted by Crippen LogP contribution is -2.60. The summed E-state index contributed by atoms with van der Waals surface area (Å²) in [5, 5.41) is 3.60. The highest BCUT2D eigenvalue weighted by atomic mass is 16.5. The van der Waals surface area contributed by atoms with Crippen molar-refractivity contribution in [3.8, 4) is 0 Å². The number of methoxy groups -OCH3 is 1. The van der Waals surface area contributed by atoms with Gasteiger partial charge in [-0.3, -0.25) is 4.90 Å². The van der Waals surface area contributed by atoms with Crippen molar-refractivity contribution in [2.45, 2.75) is 52.2 Å². The number of nitrogens with one attached hydrogen (secondary N) is 1. The lowest BCUT2D eigenvalue weighted by atomic mass is 9.98. The quantitative estimate of drug-likeness (QED) is 0.775. The maximum absolute atomic E-state index is 5.37. The molecule has 1 heterocycles. The van der Waals surface area contributed by atoms with Gasteiger partial charge in [0.05, 0.1) is 6.61 Å². The number of nitrogens with zero attached hydrogens (tertiary/aromatic N) is 1. The van der Waals surface area contributed by atoms with Gasteiger partial charge in [-0.25, -0.2) is 0 Å². The molecule has 0 bridgehead atoms. The van der Waals surface area contributed by atoms with Gasteiger partial charge in [0.15, 0.2) is 0 Å². The number of piperazine rings is 1. The van der Waals surface area contributed by atoms with Gasteiger partial charge in [0, 0.05) is 38.3 Å². The van der Waals surface area contributed by atoms with Crippen molar-refractivity contribution in [2.24, 2.45) is 5.92 Å². The van der Waals surface area contributed by atoms with Crippen LogP contribution in [0.1, 0.15) is 34.1 Å². The molecule has 0 aromatic heterocycles. The average molecular weight is 228 g/mol. The van der Waals surface area contributed by atoms with Gasteiger partial charge < -0.3 is 10.1 Å². The van der Waals surface area contributed by atoms with Gasteiger partial charge in [-0.2, -0.15) is 0 Å². The molecule has 1 fully saturated rings. The molecule has 1 rings (SSSR count). The lowest BCUT2D eigenvalue weighted by Gasteiger charge is -2.44. The topological polar surface area (TPSA) is 24.5 Å². The smallest absolute Gasteiger partial charge is 0.0620 e. The highest BCUT2D eigenvalue weighted by molar-refractivity contribution is 4.88. The highest BCUT2D eigenvalue weighted by Gasteiger charge is 2.31. The van der Waals surface area contributed by atoms with Gasteiger partial charge in [-0.1, -0.05) is 20.8 Å². The monoisotopic (exact) mass is 228 g/mol. The second kappa shape index (κ2) is 6.58. The van der Waals surface area contributed by atoms with Crippen molar-refractivity contribution >= 4 is 0 Å². The van der Waals surface area contributed by atoms with Crippen LogP contribution in [0.25, 0.3) is 0 Å². The molecule has 1 saturated heterocycles. The van der Waals surface area contributed by atoms with Crippen LogP contribution >= 0.6 is 0 Å². The summed E-state index contributed by atoms with van der Waals surface area (Å²) in [6, 6.07) is 1.82. The summed E-state index contributed by atoms with van der Waals surface area (Å²) in [5.41, 5.74) is 0. The van der Waals surface area contributed by atoms with E-state index < -0.39 is 0 Å². The van der Waals surface area contributed by atoms with Crippen LogP contribution in [0.2, 0.25) is 0 Å². The molecule has 0 radical (unpaired) electrons. The second-order valence-corrected chi connectivity index (χ2v) is 5.33. The summed E-state index contributed by atoms with van der Waals surface area (Å²) in [5.74, 6) is 0.651. The van der Waals surface area contributed by atoms with E-state index in [0.717, 1.165) is 19.7 Å². The van der Waals surface area contributed by atoms with Gasteiger partial charge in [-0.15, -0.1) is 0 Å². The summed E-state index contributed by atoms with van der Waals surface area (Å²) in [4.78, 5) is 2.62. The van der Waals surface area contributed by atoms with Crippen LogP contribution in [0, 0.1) is 5.92 Å². The molecule has 3 nitrogen and oxygen atoms in total. The molecule has 1 N–H and O–H groups in total. The molecule has 3 atom stereocenters. The van der Waals surface area contributed by atoms with E-state index in [4.69, 9.17) is 4.74 Å². The summed E-state index contributed by atoms with van der Waals surface area (Å²) < 4.78 is 5.37. The zero-order valence-corrected chi connectivity index (χ0v) is 11.5. The summed E-state index contributed by atoms with van der Waals surface area (Å²) in [6.07, 6.45) is 1.21. The molecule has 1 aliphatic rings. The minimum Gasteiger partial charge on any atom is -0.383 e. The molecule has 0 aliphatic carbocycles. The maximum Gasteiger partial charge on any atom is 0.0620 e. The standard InChI is InChI=1S/C13H28N2O/c1-6-12-8-15(11(4)7-14-12)13(9-16-5)10(2)3/h10-14H,6-9H2,1-5H3. The Balaban J connectivity index is 2.64. The van der Waals surface area contributed by atoms with E-state index >= 15 is 0 Å². The Bertz CT molecular complexity index is 196. The molecule has 3 unspecified atom stereocenters. The van der Waals surface area contributed by atoms with Gasteiger partial charge >= 0.3 is 0 Å². The van der Waals surface area contributed by atoms with Crippen LogP contribution in [-0.2, 0) is 4.74 Å². The fourth-order valence-corrected chi connectivity index (χ4v) is 2.53. The number of hydrogen-bond donors (Lipinski definition) is 1. The third-order valence-electron chi connectivity index (χ3n) is 3.73. The Kier molecular flexibility index (Phi) is 5.73. The van der Waals surface area contributed by atoms with Crippen LogP contribution < -0.4 is 5.32 Å². The van der Waals surface area contributed by atoms with Crippen molar-refractivity contribution in [3.05, 3.63) is 0 Å². The Hall–Kier alpha value is -0.120. The molecular formula is C13H28N2O. The molecule has 16 heavy (non-hydrogen) atoms. The molecule has 0 spiro atoms. The van der Waals surface area contributed by atoms with E-state index in [1.807, 2.05) is 0 Å². The first-order valence-corrected chi connectivity index (χ1v) is 6.58. The van der Waals surface area contributed by atoms with E-state index in [0.29, 0.717) is 24.0 Å². The van der Waals surface area contributed by atoms with Gasteiger partial charge in [-0.05, 0) is 19.3 Å². The first kappa shape index (κ1) is 13.9. The van der Waals surface area contributed by atoms with E-state index in [2.05, 4.69) is 37.9 Å². The van der Waals surface area contributed by atoms with Crippen molar-refractivity contribution in [3.63, 3.8) is 0 Å². The van der Waals surface area contributed by atoms with Crippen molar-refractivity contribution in [2.75, 3.05) is 26.8 Å². The number of ether oxygens (including phenoxy) is 1. The van der Waals surface area contributed by atoms with Gasteiger partial charge in [0.2, 0.25) is 0 Å². The first-order chi connectivity index (χ1) is 7.60. The first-order valence-electron chi connectivity index (χ1n) is 6.58. The normalized spacial score (nSPS) is 29.6. The lowest BCUT2D eigenvalue weighted by molar-refractivity contribution is 0.0173. The highest BCUT2D eigenvalue weighted by Crippen LogP contribution is 2.18. The second-order valence-electron chi connectivity index (χ2n) is 5.33. The van der Waals surface area contributed by atoms with Crippen molar-refractivity contribution in [1.82, 2.24) is 10.2 Å². The number of rotatable bonds is 5. The van der Waals surface area contributed by atoms with Crippen LogP contribution in [-0.4, -0.2) is 49.8 Å². The third kappa shape index (κ3) is 3.44. The molecule has 96 valence electrons. The van der Waals surface area contributed by atoms with E-state index in [9.17, 15) is 0 Å². The predicted octanol–water partition coefficient (Wildman–Crippen LogP) is 1.73. The Labute approximate surface area is 101 Å². The van der Waals surface area contributed by atoms with Gasteiger partial charge in [0.25, 0.3) is 0 Å². The van der Waals surface area contributed by atoms with Crippen LogP contribution in [0.15, 0.2) is 0 Å². The number of hydrogen-bond acceptors (Lipinski definition) is 3. The summed E-state index contributed by atoms with van der Waals surface area (Å²) >= 11 is 0. The molecule has 0 aromatic carbocycles. The predicted molar refractivity (Wildman–Crippen MR) is 68.8 cm³/mol. The minimum atomic E-state index is 0.552. The molecule has 0 saturated carbocycles. The SMILES string of the molecule is CCC1CN(C(COC)C(C)C)C(C)CN1. The Morgan fingerprint density at radius 2 is 2.12 bits per heavy atom. The average Bonchev–Trinajstić information content (AvgIpc) is 2.27. The zero-order valence-electron chi connectivity index (χ0n) is 11.5. The van der Waals surface area contributed by atoms with Crippen molar-refractivity contribution < 1.29 is 4.74 Å². The van der Waals surface area contributed by atoms with Crippen LogP contribution in [0.5, 0.6) is 0 Å². The molecule has 1 aliphatic heterocycles. The molecular weight excluding hydrogens is 200 g/mol. The van der Waals surface area contributed by atoms with Gasteiger partial charge in [0.1, 0.15) is 0 Å². The van der Waals surface area contributed by atoms with E-state index in [-0.39, 0.29) is 0 Å². The largest absolute Gasteiger partial charge is 0.383 e. The fraction of sp³-hybridized carbons (Fsp3) is 1.00. The van der Waals surface area contributed by atoms with E-state index in [1.165, 1.54) is 6.42 Å². The van der Waals surface area contributed by atoms with Crippen molar-refractivity contribution in [1.29, 1.82) is 0 Å². The summed E-state index contributed by atoms with van der Waals surface area (Å²) in [7, 11) is 1.81. The Morgan fingerprint density at radius 3 is 2.62 bits per heavy atom. The maximum atomic E-state index is 5.37. The Morgan fingerprint density at radius 1 is 1.44 bits per heavy atom. The minimum absolute atomic E-state index is 0.552. The molecule has 0 aromatic rings. The third-order valence-corrected chi connectivity index (χ3v) is 3.73.